The molecule has 21 heavy (non-hydrogen) atoms. The summed E-state index contributed by atoms with van der Waals surface area (Å²) in [7, 11) is 0. The summed E-state index contributed by atoms with van der Waals surface area (Å²) in [5.74, 6) is 1.64. The van der Waals surface area contributed by atoms with Crippen molar-refractivity contribution >= 4 is 11.8 Å². The van der Waals surface area contributed by atoms with Crippen molar-refractivity contribution < 1.29 is 10.2 Å². The van der Waals surface area contributed by atoms with Crippen LogP contribution in [0.5, 0.6) is 0 Å². The number of rotatable bonds is 4. The highest BCUT2D eigenvalue weighted by atomic mass is 16.3. The largest absolute Gasteiger partial charge is 0.394 e. The minimum Gasteiger partial charge on any atom is -0.394 e. The van der Waals surface area contributed by atoms with E-state index >= 15 is 0 Å². The van der Waals surface area contributed by atoms with E-state index in [2.05, 4.69) is 14.8 Å². The predicted octanol–water partition coefficient (Wildman–Crippen LogP) is 0.707. The zero-order valence-corrected chi connectivity index (χ0v) is 12.6. The summed E-state index contributed by atoms with van der Waals surface area (Å²) in [4.78, 5) is 13.5. The summed E-state index contributed by atoms with van der Waals surface area (Å²) < 4.78 is 0. The molecule has 116 valence electrons. The lowest BCUT2D eigenvalue weighted by molar-refractivity contribution is 0.265. The fourth-order valence-electron chi connectivity index (χ4n) is 3.45. The third-order valence-electron chi connectivity index (χ3n) is 4.64. The van der Waals surface area contributed by atoms with Crippen molar-refractivity contribution in [1.82, 2.24) is 9.97 Å². The van der Waals surface area contributed by atoms with Gasteiger partial charge in [-0.1, -0.05) is 0 Å². The van der Waals surface area contributed by atoms with Gasteiger partial charge in [0.05, 0.1) is 25.3 Å². The molecule has 2 aliphatic rings. The Morgan fingerprint density at radius 3 is 2.38 bits per heavy atom. The molecule has 1 aromatic heterocycles. The highest BCUT2D eigenvalue weighted by molar-refractivity contribution is 5.52. The van der Waals surface area contributed by atoms with Crippen molar-refractivity contribution in [2.45, 2.75) is 44.7 Å². The van der Waals surface area contributed by atoms with Crippen LogP contribution in [0.25, 0.3) is 0 Å². The van der Waals surface area contributed by atoms with Gasteiger partial charge in [-0.25, -0.2) is 4.98 Å². The molecule has 3 rings (SSSR count). The van der Waals surface area contributed by atoms with Crippen LogP contribution in [0.2, 0.25) is 0 Å². The van der Waals surface area contributed by atoms with E-state index in [1.54, 1.807) is 0 Å². The number of aromatic nitrogens is 2. The molecule has 0 spiro atoms. The van der Waals surface area contributed by atoms with Crippen LogP contribution in [0.4, 0.5) is 11.8 Å². The maximum absolute atomic E-state index is 9.52. The summed E-state index contributed by atoms with van der Waals surface area (Å²) in [6.07, 6.45) is 6.02. The predicted molar refractivity (Wildman–Crippen MR) is 81.7 cm³/mol. The van der Waals surface area contributed by atoms with Crippen molar-refractivity contribution in [2.75, 3.05) is 36.1 Å². The minimum atomic E-state index is 0.132. The Hall–Kier alpha value is -1.40. The smallest absolute Gasteiger partial charge is 0.227 e. The Kier molecular flexibility index (Phi) is 4.26. The number of aliphatic hydroxyl groups excluding tert-OH is 2. The second kappa shape index (κ2) is 6.15. The highest BCUT2D eigenvalue weighted by Gasteiger charge is 2.29. The third kappa shape index (κ3) is 2.70. The first-order valence-electron chi connectivity index (χ1n) is 7.83. The summed E-state index contributed by atoms with van der Waals surface area (Å²) in [6, 6.07) is 0.298. The molecule has 2 N–H and O–H groups in total. The lowest BCUT2D eigenvalue weighted by Crippen LogP contribution is -2.36. The Morgan fingerprint density at radius 1 is 1.10 bits per heavy atom. The van der Waals surface area contributed by atoms with Crippen LogP contribution < -0.4 is 9.80 Å². The first-order valence-corrected chi connectivity index (χ1v) is 7.83. The lowest BCUT2D eigenvalue weighted by Gasteiger charge is -2.28. The van der Waals surface area contributed by atoms with Crippen molar-refractivity contribution in [1.29, 1.82) is 0 Å². The van der Waals surface area contributed by atoms with Gasteiger partial charge < -0.3 is 20.0 Å². The zero-order valence-electron chi connectivity index (χ0n) is 12.6. The maximum atomic E-state index is 9.52. The van der Waals surface area contributed by atoms with Crippen LogP contribution in [0, 0.1) is 6.92 Å². The van der Waals surface area contributed by atoms with E-state index in [0.717, 1.165) is 50.2 Å². The Morgan fingerprint density at radius 2 is 1.71 bits per heavy atom. The van der Waals surface area contributed by atoms with Crippen molar-refractivity contribution in [3.63, 3.8) is 0 Å². The van der Waals surface area contributed by atoms with Gasteiger partial charge in [0.2, 0.25) is 5.95 Å². The van der Waals surface area contributed by atoms with Gasteiger partial charge in [-0.3, -0.25) is 0 Å². The summed E-state index contributed by atoms with van der Waals surface area (Å²) in [6.45, 7) is 4.17. The number of anilines is 2. The first kappa shape index (κ1) is 14.5. The van der Waals surface area contributed by atoms with E-state index in [9.17, 15) is 10.2 Å². The van der Waals surface area contributed by atoms with E-state index in [0.29, 0.717) is 5.95 Å². The molecule has 0 aliphatic carbocycles. The van der Waals surface area contributed by atoms with Crippen LogP contribution in [-0.4, -0.2) is 58.6 Å². The molecule has 2 fully saturated rings. The molecule has 6 nitrogen and oxygen atoms in total. The molecule has 2 atom stereocenters. The molecule has 2 saturated heterocycles. The van der Waals surface area contributed by atoms with E-state index in [-0.39, 0.29) is 25.3 Å². The Balaban J connectivity index is 1.89. The molecule has 1 aromatic rings. The second-order valence-corrected chi connectivity index (χ2v) is 6.02. The molecule has 6 heteroatoms. The average molecular weight is 292 g/mol. The van der Waals surface area contributed by atoms with E-state index in [1.807, 2.05) is 13.1 Å². The van der Waals surface area contributed by atoms with Crippen molar-refractivity contribution in [2.24, 2.45) is 0 Å². The number of hydrogen-bond donors (Lipinski definition) is 2. The average Bonchev–Trinajstić information content (AvgIpc) is 3.16. The van der Waals surface area contributed by atoms with Crippen LogP contribution in [0.1, 0.15) is 31.2 Å². The number of hydrogen-bond acceptors (Lipinski definition) is 6. The number of nitrogens with zero attached hydrogens (tertiary/aromatic N) is 4. The van der Waals surface area contributed by atoms with Crippen molar-refractivity contribution in [3.8, 4) is 0 Å². The molecule has 0 bridgehead atoms. The third-order valence-corrected chi connectivity index (χ3v) is 4.64. The quantitative estimate of drug-likeness (QED) is 0.851. The molecule has 0 amide bonds. The molecule has 3 heterocycles. The van der Waals surface area contributed by atoms with Gasteiger partial charge >= 0.3 is 0 Å². The monoisotopic (exact) mass is 292 g/mol. The maximum Gasteiger partial charge on any atom is 0.227 e. The molecular formula is C15H24N4O2. The Bertz CT molecular complexity index is 497. The van der Waals surface area contributed by atoms with E-state index in [1.165, 1.54) is 0 Å². The van der Waals surface area contributed by atoms with Crippen molar-refractivity contribution in [3.05, 3.63) is 11.8 Å². The molecular weight excluding hydrogens is 268 g/mol. The molecule has 0 aromatic carbocycles. The van der Waals surface area contributed by atoms with Gasteiger partial charge in [0.1, 0.15) is 5.82 Å². The first-order chi connectivity index (χ1) is 10.2. The Labute approximate surface area is 125 Å². The minimum absolute atomic E-state index is 0.132. The standard InChI is InChI=1S/C15H24N4O2/c1-11-8-16-15(19-7-3-5-13(19)10-21)17-14(11)18-6-2-4-12(18)9-20/h8,12-13,20-21H,2-7,9-10H2,1H3/t12-,13+/m1/s1. The van der Waals surface area contributed by atoms with E-state index in [4.69, 9.17) is 4.98 Å². The number of aryl methyl sites for hydroxylation is 1. The molecule has 2 aliphatic heterocycles. The van der Waals surface area contributed by atoms with Gasteiger partial charge in [0, 0.05) is 24.8 Å². The van der Waals surface area contributed by atoms with Gasteiger partial charge in [-0.15, -0.1) is 0 Å². The topological polar surface area (TPSA) is 72.7 Å². The summed E-state index contributed by atoms with van der Waals surface area (Å²) in [5.41, 5.74) is 1.04. The second-order valence-electron chi connectivity index (χ2n) is 6.02. The van der Waals surface area contributed by atoms with Crippen LogP contribution >= 0.6 is 0 Å². The fraction of sp³-hybridized carbons (Fsp3) is 0.733. The molecule has 0 radical (unpaired) electrons. The van der Waals surface area contributed by atoms with Gasteiger partial charge in [-0.05, 0) is 32.6 Å². The van der Waals surface area contributed by atoms with Crippen LogP contribution in [0.3, 0.4) is 0 Å². The summed E-state index contributed by atoms with van der Waals surface area (Å²) >= 11 is 0. The normalized spacial score (nSPS) is 25.9. The molecule has 0 unspecified atom stereocenters. The summed E-state index contributed by atoms with van der Waals surface area (Å²) in [5, 5.41) is 19.0. The zero-order chi connectivity index (χ0) is 14.8. The SMILES string of the molecule is Cc1cnc(N2CCC[C@H]2CO)nc1N1CCC[C@@H]1CO. The van der Waals surface area contributed by atoms with Crippen LogP contribution in [0.15, 0.2) is 6.20 Å². The fourth-order valence-corrected chi connectivity index (χ4v) is 3.45. The number of aliphatic hydroxyl groups is 2. The highest BCUT2D eigenvalue weighted by Crippen LogP contribution is 2.29. The van der Waals surface area contributed by atoms with Crippen LogP contribution in [-0.2, 0) is 0 Å². The molecule has 0 saturated carbocycles. The van der Waals surface area contributed by atoms with Gasteiger partial charge in [-0.2, -0.15) is 4.98 Å². The van der Waals surface area contributed by atoms with Gasteiger partial charge in [0.15, 0.2) is 0 Å². The lowest BCUT2D eigenvalue weighted by atomic mass is 10.2. The van der Waals surface area contributed by atoms with Gasteiger partial charge in [0.25, 0.3) is 0 Å². The van der Waals surface area contributed by atoms with E-state index < -0.39 is 0 Å².